The number of carbonyl (C=O) groups is 1. The summed E-state index contributed by atoms with van der Waals surface area (Å²) in [6.07, 6.45) is 1.25. The van der Waals surface area contributed by atoms with Crippen molar-refractivity contribution in [1.82, 2.24) is 0 Å². The Bertz CT molecular complexity index is 121. The fraction of sp³-hybridized carbons (Fsp3) is 0.800. The summed E-state index contributed by atoms with van der Waals surface area (Å²) < 4.78 is 14.9. The molecule has 0 fully saturated rings. The second-order valence-electron chi connectivity index (χ2n) is 1.64. The third-order valence-electron chi connectivity index (χ3n) is 0.637. The number of hydrogen-bond acceptors (Lipinski definition) is 3. The fourth-order valence-electron chi connectivity index (χ4n) is 0.372. The number of hydrogen-bond donors (Lipinski definition) is 0. The number of carbonyl (C=O) groups excluding carboxylic acids is 1. The maximum atomic E-state index is 10.6. The zero-order chi connectivity index (χ0) is 7.28. The molecule has 52 valence electrons. The van der Waals surface area contributed by atoms with Crippen molar-refractivity contribution in [1.29, 1.82) is 0 Å². The van der Waals surface area contributed by atoms with Crippen molar-refractivity contribution < 1.29 is 13.9 Å². The van der Waals surface area contributed by atoms with E-state index in [1.165, 1.54) is 6.92 Å². The molecular formula is C5H10O3P+. The molecule has 0 aromatic heterocycles. The summed E-state index contributed by atoms with van der Waals surface area (Å²) in [5.74, 6) is -0.468. The molecule has 0 radical (unpaired) electrons. The first-order chi connectivity index (χ1) is 4.16. The van der Waals surface area contributed by atoms with Crippen LogP contribution in [0, 0.1) is 0 Å². The summed E-state index contributed by atoms with van der Waals surface area (Å²) in [5, 5.41) is 0. The number of rotatable bonds is 3. The Morgan fingerprint density at radius 1 is 1.67 bits per heavy atom. The maximum Gasteiger partial charge on any atom is 0.558 e. The molecule has 0 amide bonds. The molecule has 9 heavy (non-hydrogen) atoms. The first-order valence-corrected chi connectivity index (χ1v) is 4.16. The zero-order valence-electron chi connectivity index (χ0n) is 5.59. The summed E-state index contributed by atoms with van der Waals surface area (Å²) in [6, 6.07) is 0. The second-order valence-corrected chi connectivity index (χ2v) is 2.93. The van der Waals surface area contributed by atoms with Gasteiger partial charge in [0.05, 0.1) is 0 Å². The van der Waals surface area contributed by atoms with Crippen molar-refractivity contribution in [3.8, 4) is 0 Å². The molecular weight excluding hydrogens is 139 g/mol. The SMILES string of the molecule is CCC[P+](=O)OC(C)=O. The molecule has 0 aliphatic rings. The van der Waals surface area contributed by atoms with Crippen LogP contribution in [0.2, 0.25) is 0 Å². The average molecular weight is 149 g/mol. The van der Waals surface area contributed by atoms with Crippen LogP contribution in [0.15, 0.2) is 0 Å². The van der Waals surface area contributed by atoms with Crippen LogP contribution in [0.1, 0.15) is 20.3 Å². The van der Waals surface area contributed by atoms with E-state index in [1.807, 2.05) is 6.92 Å². The minimum Gasteiger partial charge on any atom is -0.247 e. The van der Waals surface area contributed by atoms with E-state index in [-0.39, 0.29) is 0 Å². The van der Waals surface area contributed by atoms with E-state index in [0.29, 0.717) is 6.16 Å². The first-order valence-electron chi connectivity index (χ1n) is 2.80. The monoisotopic (exact) mass is 149 g/mol. The molecule has 0 aromatic rings. The fourth-order valence-corrected chi connectivity index (χ4v) is 1.11. The zero-order valence-corrected chi connectivity index (χ0v) is 6.48. The smallest absolute Gasteiger partial charge is 0.247 e. The summed E-state index contributed by atoms with van der Waals surface area (Å²) in [7, 11) is -1.72. The van der Waals surface area contributed by atoms with Crippen molar-refractivity contribution in [2.45, 2.75) is 20.3 Å². The van der Waals surface area contributed by atoms with Crippen LogP contribution in [-0.4, -0.2) is 12.1 Å². The normalized spacial score (nSPS) is 10.7. The van der Waals surface area contributed by atoms with Gasteiger partial charge in [-0.05, 0) is 11.0 Å². The van der Waals surface area contributed by atoms with E-state index >= 15 is 0 Å². The van der Waals surface area contributed by atoms with E-state index in [4.69, 9.17) is 0 Å². The van der Waals surface area contributed by atoms with Gasteiger partial charge in [0.2, 0.25) is 0 Å². The highest BCUT2D eigenvalue weighted by atomic mass is 31.1. The van der Waals surface area contributed by atoms with Gasteiger partial charge in [-0.3, -0.25) is 0 Å². The molecule has 0 saturated heterocycles. The highest BCUT2D eigenvalue weighted by molar-refractivity contribution is 7.39. The molecule has 0 rings (SSSR count). The van der Waals surface area contributed by atoms with Crippen LogP contribution in [0.5, 0.6) is 0 Å². The highest BCUT2D eigenvalue weighted by Crippen LogP contribution is 2.22. The van der Waals surface area contributed by atoms with Crippen molar-refractivity contribution in [3.63, 3.8) is 0 Å². The molecule has 0 aliphatic carbocycles. The largest absolute Gasteiger partial charge is 0.558 e. The third kappa shape index (κ3) is 5.44. The molecule has 3 nitrogen and oxygen atoms in total. The lowest BCUT2D eigenvalue weighted by molar-refractivity contribution is -0.131. The van der Waals surface area contributed by atoms with Gasteiger partial charge in [0.15, 0.2) is 6.16 Å². The van der Waals surface area contributed by atoms with Crippen molar-refractivity contribution in [2.75, 3.05) is 6.16 Å². The van der Waals surface area contributed by atoms with E-state index in [2.05, 4.69) is 4.52 Å². The van der Waals surface area contributed by atoms with Crippen LogP contribution < -0.4 is 0 Å². The molecule has 1 atom stereocenters. The molecule has 0 aromatic carbocycles. The van der Waals surface area contributed by atoms with Crippen molar-refractivity contribution in [3.05, 3.63) is 0 Å². The molecule has 0 N–H and O–H groups in total. The van der Waals surface area contributed by atoms with Gasteiger partial charge in [-0.15, -0.1) is 0 Å². The minimum atomic E-state index is -1.72. The molecule has 0 spiro atoms. The minimum absolute atomic E-state index is 0.467. The van der Waals surface area contributed by atoms with E-state index < -0.39 is 14.0 Å². The van der Waals surface area contributed by atoms with Gasteiger partial charge in [-0.2, -0.15) is 0 Å². The second kappa shape index (κ2) is 4.45. The predicted molar refractivity (Wildman–Crippen MR) is 34.5 cm³/mol. The van der Waals surface area contributed by atoms with Crippen LogP contribution >= 0.6 is 8.03 Å². The van der Waals surface area contributed by atoms with Gasteiger partial charge >= 0.3 is 14.0 Å². The molecule has 0 heterocycles. The van der Waals surface area contributed by atoms with Gasteiger partial charge in [0.1, 0.15) is 0 Å². The predicted octanol–water partition coefficient (Wildman–Crippen LogP) is 1.70. The Kier molecular flexibility index (Phi) is 4.24. The van der Waals surface area contributed by atoms with Gasteiger partial charge in [-0.25, -0.2) is 9.32 Å². The van der Waals surface area contributed by atoms with Crippen molar-refractivity contribution in [2.24, 2.45) is 0 Å². The summed E-state index contributed by atoms with van der Waals surface area (Å²) in [6.45, 7) is 3.14. The highest BCUT2D eigenvalue weighted by Gasteiger charge is 2.17. The Balaban J connectivity index is 3.39. The van der Waals surface area contributed by atoms with Gasteiger partial charge < -0.3 is 0 Å². The van der Waals surface area contributed by atoms with Crippen molar-refractivity contribution >= 4 is 14.0 Å². The first kappa shape index (κ1) is 8.57. The summed E-state index contributed by atoms with van der Waals surface area (Å²) in [4.78, 5) is 10.1. The van der Waals surface area contributed by atoms with Gasteiger partial charge in [0.25, 0.3) is 0 Å². The molecule has 1 unspecified atom stereocenters. The Labute approximate surface area is 55.3 Å². The van der Waals surface area contributed by atoms with E-state index in [1.54, 1.807) is 0 Å². The quantitative estimate of drug-likeness (QED) is 0.573. The molecule has 4 heteroatoms. The Hall–Kier alpha value is -0.430. The topological polar surface area (TPSA) is 43.4 Å². The lowest BCUT2D eigenvalue weighted by atomic mass is 10.6. The molecule has 0 aliphatic heterocycles. The Morgan fingerprint density at radius 2 is 2.22 bits per heavy atom. The van der Waals surface area contributed by atoms with Gasteiger partial charge in [-0.1, -0.05) is 6.92 Å². The van der Waals surface area contributed by atoms with E-state index in [0.717, 1.165) is 6.42 Å². The lowest BCUT2D eigenvalue weighted by Crippen LogP contribution is -1.90. The van der Waals surface area contributed by atoms with Crippen LogP contribution in [-0.2, 0) is 13.9 Å². The van der Waals surface area contributed by atoms with Crippen LogP contribution in [0.25, 0.3) is 0 Å². The summed E-state index contributed by atoms with van der Waals surface area (Å²) >= 11 is 0. The van der Waals surface area contributed by atoms with Gasteiger partial charge in [0, 0.05) is 6.92 Å². The molecule has 0 bridgehead atoms. The molecule has 0 saturated carbocycles. The standard InChI is InChI=1S/C5H10O3P/c1-3-4-9(7)8-5(2)6/h3-4H2,1-2H3/q+1. The summed E-state index contributed by atoms with van der Waals surface area (Å²) in [5.41, 5.74) is 0. The lowest BCUT2D eigenvalue weighted by Gasteiger charge is -1.80. The third-order valence-corrected chi connectivity index (χ3v) is 1.91. The van der Waals surface area contributed by atoms with E-state index in [9.17, 15) is 9.36 Å². The average Bonchev–Trinajstić information content (AvgIpc) is 1.63. The van der Waals surface area contributed by atoms with Crippen LogP contribution in [0.3, 0.4) is 0 Å². The maximum absolute atomic E-state index is 10.6. The van der Waals surface area contributed by atoms with Crippen LogP contribution in [0.4, 0.5) is 0 Å². The Morgan fingerprint density at radius 3 is 2.56 bits per heavy atom.